The number of nitrogens with one attached hydrogen (secondary N) is 1. The van der Waals surface area contributed by atoms with Gasteiger partial charge in [0.15, 0.2) is 0 Å². The van der Waals surface area contributed by atoms with Crippen molar-refractivity contribution < 1.29 is 4.52 Å². The molecule has 0 bridgehead atoms. The zero-order valence-electron chi connectivity index (χ0n) is 11.2. The fourth-order valence-electron chi connectivity index (χ4n) is 2.48. The van der Waals surface area contributed by atoms with Crippen LogP contribution >= 0.6 is 0 Å². The molecular weight excluding hydrogens is 238 g/mol. The number of hydrogen-bond acceptors (Lipinski definition) is 4. The van der Waals surface area contributed by atoms with Gasteiger partial charge in [-0.1, -0.05) is 35.0 Å². The third kappa shape index (κ3) is 3.01. The molecule has 1 N–H and O–H groups in total. The summed E-state index contributed by atoms with van der Waals surface area (Å²) in [4.78, 5) is 4.47. The van der Waals surface area contributed by atoms with Crippen LogP contribution in [0.3, 0.4) is 0 Å². The molecule has 1 unspecified atom stereocenters. The molecule has 1 aromatic carbocycles. The van der Waals surface area contributed by atoms with Crippen molar-refractivity contribution in [3.8, 4) is 11.4 Å². The third-order valence-corrected chi connectivity index (χ3v) is 3.65. The molecule has 0 amide bonds. The number of aromatic nitrogens is 2. The maximum atomic E-state index is 5.32. The molecule has 2 aromatic rings. The highest BCUT2D eigenvalue weighted by Crippen LogP contribution is 2.18. The van der Waals surface area contributed by atoms with E-state index in [0.29, 0.717) is 11.9 Å². The highest BCUT2D eigenvalue weighted by atomic mass is 16.5. The Morgan fingerprint density at radius 2 is 2.16 bits per heavy atom. The van der Waals surface area contributed by atoms with Crippen LogP contribution in [-0.2, 0) is 6.42 Å². The summed E-state index contributed by atoms with van der Waals surface area (Å²) in [5.41, 5.74) is 2.25. The van der Waals surface area contributed by atoms with Gasteiger partial charge in [-0.05, 0) is 32.7 Å². The molecule has 4 heteroatoms. The molecule has 0 radical (unpaired) electrons. The van der Waals surface area contributed by atoms with Crippen molar-refractivity contribution in [3.05, 3.63) is 35.7 Å². The van der Waals surface area contributed by atoms with Crippen molar-refractivity contribution in [2.24, 2.45) is 0 Å². The Balaban J connectivity index is 1.63. The normalized spacial score (nSPS) is 18.9. The van der Waals surface area contributed by atoms with E-state index >= 15 is 0 Å². The van der Waals surface area contributed by atoms with Gasteiger partial charge in [0.1, 0.15) is 0 Å². The van der Waals surface area contributed by atoms with Gasteiger partial charge in [-0.25, -0.2) is 0 Å². The van der Waals surface area contributed by atoms with Crippen molar-refractivity contribution in [1.82, 2.24) is 15.5 Å². The van der Waals surface area contributed by atoms with E-state index in [1.54, 1.807) is 0 Å². The summed E-state index contributed by atoms with van der Waals surface area (Å²) in [6, 6.07) is 8.81. The Kier molecular flexibility index (Phi) is 3.60. The average Bonchev–Trinajstić information content (AvgIpc) is 3.09. The van der Waals surface area contributed by atoms with Crippen LogP contribution in [0.25, 0.3) is 11.4 Å². The van der Waals surface area contributed by atoms with Crippen molar-refractivity contribution in [3.63, 3.8) is 0 Å². The summed E-state index contributed by atoms with van der Waals surface area (Å²) in [6.07, 6.45) is 4.48. The van der Waals surface area contributed by atoms with Gasteiger partial charge in [0.05, 0.1) is 0 Å². The van der Waals surface area contributed by atoms with E-state index < -0.39 is 0 Å². The minimum absolute atomic E-state index is 0.620. The molecule has 1 aromatic heterocycles. The summed E-state index contributed by atoms with van der Waals surface area (Å²) in [5.74, 6) is 1.43. The van der Waals surface area contributed by atoms with Crippen LogP contribution in [0.15, 0.2) is 28.8 Å². The summed E-state index contributed by atoms with van der Waals surface area (Å²) < 4.78 is 5.32. The molecule has 0 aliphatic carbocycles. The Morgan fingerprint density at radius 1 is 1.32 bits per heavy atom. The van der Waals surface area contributed by atoms with E-state index in [-0.39, 0.29) is 0 Å². The van der Waals surface area contributed by atoms with Crippen molar-refractivity contribution in [2.45, 2.75) is 38.6 Å². The molecule has 2 heterocycles. The highest BCUT2D eigenvalue weighted by Gasteiger charge is 2.15. The van der Waals surface area contributed by atoms with Crippen LogP contribution in [0.4, 0.5) is 0 Å². The predicted molar refractivity (Wildman–Crippen MR) is 73.8 cm³/mol. The molecule has 100 valence electrons. The van der Waals surface area contributed by atoms with E-state index in [2.05, 4.69) is 34.5 Å². The third-order valence-electron chi connectivity index (χ3n) is 3.65. The summed E-state index contributed by atoms with van der Waals surface area (Å²) in [5, 5.41) is 7.54. The lowest BCUT2D eigenvalue weighted by molar-refractivity contribution is 0.369. The second kappa shape index (κ2) is 5.53. The van der Waals surface area contributed by atoms with Crippen LogP contribution in [0.2, 0.25) is 0 Å². The number of benzene rings is 1. The molecule has 3 rings (SSSR count). The number of rotatable bonds is 4. The molecule has 1 aliphatic rings. The number of nitrogens with zero attached hydrogens (tertiary/aromatic N) is 2. The number of aryl methyl sites for hydroxylation is 2. The molecule has 1 saturated heterocycles. The Bertz CT molecular complexity index is 527. The second-order valence-electron chi connectivity index (χ2n) is 5.21. The minimum Gasteiger partial charge on any atom is -0.339 e. The van der Waals surface area contributed by atoms with E-state index in [1.807, 2.05) is 12.1 Å². The maximum Gasteiger partial charge on any atom is 0.227 e. The highest BCUT2D eigenvalue weighted by molar-refractivity contribution is 5.54. The standard InChI is InChI=1S/C15H19N3O/c1-11-4-6-12(7-5-11)15-17-14(19-18-15)9-8-13-3-2-10-16-13/h4-7,13,16H,2-3,8-10H2,1H3. The lowest BCUT2D eigenvalue weighted by Gasteiger charge is -2.06. The summed E-state index contributed by atoms with van der Waals surface area (Å²) in [6.45, 7) is 3.21. The van der Waals surface area contributed by atoms with Crippen LogP contribution < -0.4 is 5.32 Å². The smallest absolute Gasteiger partial charge is 0.227 e. The average molecular weight is 257 g/mol. The van der Waals surface area contributed by atoms with Gasteiger partial charge >= 0.3 is 0 Å². The van der Waals surface area contributed by atoms with Crippen molar-refractivity contribution in [2.75, 3.05) is 6.54 Å². The van der Waals surface area contributed by atoms with Gasteiger partial charge in [-0.3, -0.25) is 0 Å². The summed E-state index contributed by atoms with van der Waals surface area (Å²) in [7, 11) is 0. The zero-order chi connectivity index (χ0) is 13.1. The zero-order valence-corrected chi connectivity index (χ0v) is 11.2. The van der Waals surface area contributed by atoms with E-state index in [9.17, 15) is 0 Å². The Labute approximate surface area is 113 Å². The Hall–Kier alpha value is -1.68. The molecular formula is C15H19N3O. The fourth-order valence-corrected chi connectivity index (χ4v) is 2.48. The molecule has 1 fully saturated rings. The first-order valence-electron chi connectivity index (χ1n) is 6.94. The van der Waals surface area contributed by atoms with Gasteiger partial charge in [0, 0.05) is 18.0 Å². The van der Waals surface area contributed by atoms with Gasteiger partial charge < -0.3 is 9.84 Å². The van der Waals surface area contributed by atoms with Gasteiger partial charge in [-0.2, -0.15) is 4.98 Å². The van der Waals surface area contributed by atoms with E-state index in [0.717, 1.165) is 30.8 Å². The SMILES string of the molecule is Cc1ccc(-c2noc(CCC3CCCN3)n2)cc1. The van der Waals surface area contributed by atoms with Gasteiger partial charge in [0.25, 0.3) is 0 Å². The lowest BCUT2D eigenvalue weighted by atomic mass is 10.1. The molecule has 4 nitrogen and oxygen atoms in total. The van der Waals surface area contributed by atoms with Gasteiger partial charge in [-0.15, -0.1) is 0 Å². The molecule has 19 heavy (non-hydrogen) atoms. The molecule has 0 spiro atoms. The first kappa shape index (κ1) is 12.4. The molecule has 1 aliphatic heterocycles. The van der Waals surface area contributed by atoms with E-state index in [4.69, 9.17) is 4.52 Å². The van der Waals surface area contributed by atoms with E-state index in [1.165, 1.54) is 18.4 Å². The quantitative estimate of drug-likeness (QED) is 0.915. The maximum absolute atomic E-state index is 5.32. The lowest BCUT2D eigenvalue weighted by Crippen LogP contribution is -2.21. The van der Waals surface area contributed by atoms with Crippen molar-refractivity contribution >= 4 is 0 Å². The van der Waals surface area contributed by atoms with Crippen LogP contribution in [0.5, 0.6) is 0 Å². The van der Waals surface area contributed by atoms with Crippen molar-refractivity contribution in [1.29, 1.82) is 0 Å². The number of hydrogen-bond donors (Lipinski definition) is 1. The predicted octanol–water partition coefficient (Wildman–Crippen LogP) is 2.73. The molecule has 0 saturated carbocycles. The van der Waals surface area contributed by atoms with Crippen LogP contribution in [0, 0.1) is 6.92 Å². The molecule has 1 atom stereocenters. The largest absolute Gasteiger partial charge is 0.339 e. The fraction of sp³-hybridized carbons (Fsp3) is 0.467. The van der Waals surface area contributed by atoms with Gasteiger partial charge in [0.2, 0.25) is 11.7 Å². The van der Waals surface area contributed by atoms with Crippen LogP contribution in [-0.4, -0.2) is 22.7 Å². The van der Waals surface area contributed by atoms with Crippen LogP contribution in [0.1, 0.15) is 30.7 Å². The minimum atomic E-state index is 0.620. The topological polar surface area (TPSA) is 51.0 Å². The first-order chi connectivity index (χ1) is 9.31. The Morgan fingerprint density at radius 3 is 2.89 bits per heavy atom. The second-order valence-corrected chi connectivity index (χ2v) is 5.21. The summed E-state index contributed by atoms with van der Waals surface area (Å²) >= 11 is 0. The monoisotopic (exact) mass is 257 g/mol. The first-order valence-corrected chi connectivity index (χ1v) is 6.94.